The van der Waals surface area contributed by atoms with Crippen molar-refractivity contribution < 1.29 is 29.2 Å². The number of nitrogens with one attached hydrogen (secondary N) is 1. The molecule has 8 rings (SSSR count). The van der Waals surface area contributed by atoms with Crippen LogP contribution in [0.4, 0.5) is 0 Å². The third-order valence-corrected chi connectivity index (χ3v) is 10.8. The topological polar surface area (TPSA) is 140 Å². The van der Waals surface area contributed by atoms with E-state index in [0.717, 1.165) is 50.1 Å². The highest BCUT2D eigenvalue weighted by Gasteiger charge is 2.52. The highest BCUT2D eigenvalue weighted by atomic mass is 16.6. The lowest BCUT2D eigenvalue weighted by molar-refractivity contribution is -0.131. The van der Waals surface area contributed by atoms with E-state index in [-0.39, 0.29) is 12.2 Å². The fourth-order valence-corrected chi connectivity index (χ4v) is 8.08. The molecular weight excluding hydrogens is 757 g/mol. The molecule has 1 aliphatic rings. The fourth-order valence-electron chi connectivity index (χ4n) is 8.08. The van der Waals surface area contributed by atoms with Crippen LogP contribution in [0.15, 0.2) is 204 Å². The maximum Gasteiger partial charge on any atom is 0.330 e. The second kappa shape index (κ2) is 17.5. The van der Waals surface area contributed by atoms with Crippen molar-refractivity contribution in [3.05, 3.63) is 254 Å². The molecule has 4 atom stereocenters. The lowest BCUT2D eigenvalue weighted by atomic mass is 9.79. The first-order valence-electron chi connectivity index (χ1n) is 19.6. The summed E-state index contributed by atoms with van der Waals surface area (Å²) in [7, 11) is 0. The Hall–Kier alpha value is -6.95. The van der Waals surface area contributed by atoms with Crippen LogP contribution in [0.2, 0.25) is 0 Å². The van der Waals surface area contributed by atoms with Gasteiger partial charge in [-0.1, -0.05) is 182 Å². The van der Waals surface area contributed by atoms with Gasteiger partial charge < -0.3 is 24.4 Å². The first kappa shape index (κ1) is 39.9. The number of nitrogens with zero attached hydrogens (tertiary/aromatic N) is 1. The van der Waals surface area contributed by atoms with Crippen LogP contribution >= 0.6 is 0 Å². The smallest absolute Gasteiger partial charge is 0.330 e. The van der Waals surface area contributed by atoms with Gasteiger partial charge in [-0.25, -0.2) is 9.59 Å². The van der Waals surface area contributed by atoms with Crippen molar-refractivity contribution in [3.8, 4) is 0 Å². The molecule has 1 aliphatic heterocycles. The van der Waals surface area contributed by atoms with Crippen molar-refractivity contribution in [2.75, 3.05) is 6.61 Å². The Balaban J connectivity index is 1.29. The molecule has 0 aliphatic carbocycles. The molecule has 60 heavy (non-hydrogen) atoms. The molecule has 0 amide bonds. The number of hydrogen-bond acceptors (Lipinski definition) is 7. The maximum absolute atomic E-state index is 13.8. The lowest BCUT2D eigenvalue weighted by Crippen LogP contribution is -2.46. The number of hydrogen-bond donors (Lipinski definition) is 3. The Bertz CT molecular complexity index is 2460. The first-order chi connectivity index (χ1) is 29.3. The van der Waals surface area contributed by atoms with Gasteiger partial charge in [0.2, 0.25) is 0 Å². The summed E-state index contributed by atoms with van der Waals surface area (Å²) in [5.41, 5.74) is 0.414. The van der Waals surface area contributed by atoms with Crippen molar-refractivity contribution in [2.24, 2.45) is 0 Å². The number of carboxylic acids is 1. The highest BCUT2D eigenvalue weighted by molar-refractivity contribution is 5.85. The zero-order valence-electron chi connectivity index (χ0n) is 32.4. The van der Waals surface area contributed by atoms with E-state index in [9.17, 15) is 24.6 Å². The van der Waals surface area contributed by atoms with Gasteiger partial charge in [0.1, 0.15) is 29.5 Å². The van der Waals surface area contributed by atoms with Gasteiger partial charge in [0.25, 0.3) is 5.56 Å². The Kier molecular flexibility index (Phi) is 11.6. The second-order valence-electron chi connectivity index (χ2n) is 14.4. The number of benzene rings is 6. The Morgan fingerprint density at radius 2 is 1.02 bits per heavy atom. The van der Waals surface area contributed by atoms with E-state index >= 15 is 0 Å². The number of H-pyrrole nitrogens is 1. The van der Waals surface area contributed by atoms with Gasteiger partial charge in [-0.3, -0.25) is 14.3 Å². The van der Waals surface area contributed by atoms with Crippen LogP contribution in [-0.4, -0.2) is 50.7 Å². The van der Waals surface area contributed by atoms with E-state index in [0.29, 0.717) is 0 Å². The molecule has 1 saturated heterocycles. The largest absolute Gasteiger partial charge is 0.478 e. The Morgan fingerprint density at radius 1 is 0.633 bits per heavy atom. The van der Waals surface area contributed by atoms with Gasteiger partial charge in [-0.05, 0) is 39.5 Å². The van der Waals surface area contributed by atoms with Gasteiger partial charge in [0.15, 0.2) is 6.23 Å². The number of aromatic nitrogens is 2. The summed E-state index contributed by atoms with van der Waals surface area (Å²) in [6, 6.07) is 58.1. The number of aliphatic carboxylic acids is 1. The summed E-state index contributed by atoms with van der Waals surface area (Å²) < 4.78 is 22.4. The van der Waals surface area contributed by atoms with Crippen molar-refractivity contribution in [2.45, 2.75) is 35.7 Å². The average molecular weight is 799 g/mol. The van der Waals surface area contributed by atoms with Gasteiger partial charge in [-0.15, -0.1) is 0 Å². The standard InChI is InChI=1S/C50H42N2O8/c53-43(54)32-31-35-33-52(48(57)51-46(35)56)47-45(60-50(39-25-13-4-14-26-39,40-27-15-5-16-28-40)41-29-17-6-18-30-41)44(55)42(59-47)34-58-49(36-19-7-1-8-20-36,37-21-9-2-10-22-37)38-23-11-3-12-24-38/h1-33,42,44-45,47,55H,34H2,(H,53,54)(H,51,56,57)/t42-,44-,45-,47-/m1/s1. The van der Waals surface area contributed by atoms with Gasteiger partial charge in [0.05, 0.1) is 12.2 Å². The highest BCUT2D eigenvalue weighted by Crippen LogP contribution is 2.46. The van der Waals surface area contributed by atoms with E-state index in [1.807, 2.05) is 182 Å². The van der Waals surface area contributed by atoms with Crippen LogP contribution in [0.3, 0.4) is 0 Å². The van der Waals surface area contributed by atoms with Gasteiger partial charge >= 0.3 is 11.7 Å². The molecule has 1 aromatic heterocycles. The van der Waals surface area contributed by atoms with Crippen LogP contribution in [0.25, 0.3) is 6.08 Å². The summed E-state index contributed by atoms with van der Waals surface area (Å²) >= 11 is 0. The molecule has 0 unspecified atom stereocenters. The van der Waals surface area contributed by atoms with Crippen LogP contribution in [-0.2, 0) is 30.2 Å². The normalized spacial score (nSPS) is 18.1. The number of carboxylic acid groups (broad SMARTS) is 1. The SMILES string of the molecule is O=C(O)C=Cc1cn([C@@H]2O[C@H](COC(c3ccccc3)(c3ccccc3)c3ccccc3)[C@@H](O)[C@H]2OC(c2ccccc2)(c2ccccc2)c2ccccc2)c(=O)[nH]c1=O. The molecule has 6 aromatic carbocycles. The molecule has 1 fully saturated rings. The van der Waals surface area contributed by atoms with Crippen molar-refractivity contribution in [1.29, 1.82) is 0 Å². The second-order valence-corrected chi connectivity index (χ2v) is 14.4. The Morgan fingerprint density at radius 3 is 1.40 bits per heavy atom. The molecule has 300 valence electrons. The van der Waals surface area contributed by atoms with E-state index in [4.69, 9.17) is 14.2 Å². The van der Waals surface area contributed by atoms with Crippen molar-refractivity contribution >= 4 is 12.0 Å². The lowest BCUT2D eigenvalue weighted by Gasteiger charge is -2.40. The maximum atomic E-state index is 13.8. The fraction of sp³-hybridized carbons (Fsp3) is 0.140. The molecule has 10 nitrogen and oxygen atoms in total. The van der Waals surface area contributed by atoms with Crippen molar-refractivity contribution in [3.63, 3.8) is 0 Å². The molecule has 0 radical (unpaired) electrons. The number of ether oxygens (including phenoxy) is 3. The molecule has 0 bridgehead atoms. The van der Waals surface area contributed by atoms with E-state index in [2.05, 4.69) is 4.98 Å². The molecule has 3 N–H and O–H groups in total. The van der Waals surface area contributed by atoms with Crippen LogP contribution in [0.5, 0.6) is 0 Å². The first-order valence-corrected chi connectivity index (χ1v) is 19.6. The minimum atomic E-state index is -1.43. The predicted octanol–water partition coefficient (Wildman–Crippen LogP) is 7.28. The quantitative estimate of drug-likeness (QED) is 0.0771. The zero-order valence-corrected chi connectivity index (χ0v) is 32.4. The van der Waals surface area contributed by atoms with E-state index in [1.165, 1.54) is 6.20 Å². The number of aliphatic hydroxyl groups is 1. The van der Waals surface area contributed by atoms with Gasteiger partial charge in [-0.2, -0.15) is 0 Å². The van der Waals surface area contributed by atoms with Gasteiger partial charge in [0, 0.05) is 12.3 Å². The van der Waals surface area contributed by atoms with E-state index < -0.39 is 53.0 Å². The number of aromatic amines is 1. The number of rotatable bonds is 14. The average Bonchev–Trinajstić information content (AvgIpc) is 3.60. The molecule has 10 heteroatoms. The molecule has 0 saturated carbocycles. The third kappa shape index (κ3) is 7.68. The predicted molar refractivity (Wildman–Crippen MR) is 227 cm³/mol. The molecular formula is C50H42N2O8. The number of aliphatic hydroxyl groups excluding tert-OH is 1. The summed E-state index contributed by atoms with van der Waals surface area (Å²) in [4.78, 5) is 40.6. The third-order valence-electron chi connectivity index (χ3n) is 10.8. The number of carbonyl (C=O) groups is 1. The molecule has 0 spiro atoms. The van der Waals surface area contributed by atoms with Crippen LogP contribution in [0, 0.1) is 0 Å². The Labute approximate surface area is 346 Å². The summed E-state index contributed by atoms with van der Waals surface area (Å²) in [6.45, 7) is -0.185. The summed E-state index contributed by atoms with van der Waals surface area (Å²) in [6.07, 6.45) is -2.07. The zero-order chi connectivity index (χ0) is 41.5. The minimum Gasteiger partial charge on any atom is -0.478 e. The van der Waals surface area contributed by atoms with Crippen molar-refractivity contribution in [1.82, 2.24) is 9.55 Å². The molecule has 7 aromatic rings. The minimum absolute atomic E-state index is 0.120. The monoisotopic (exact) mass is 798 g/mol. The summed E-state index contributed by atoms with van der Waals surface area (Å²) in [5, 5.41) is 22.1. The van der Waals surface area contributed by atoms with Crippen LogP contribution < -0.4 is 11.2 Å². The summed E-state index contributed by atoms with van der Waals surface area (Å²) in [5.74, 6) is -1.28. The van der Waals surface area contributed by atoms with Crippen LogP contribution in [0.1, 0.15) is 45.2 Å². The van der Waals surface area contributed by atoms with E-state index in [1.54, 1.807) is 0 Å². The molecule has 2 heterocycles.